The van der Waals surface area contributed by atoms with Gasteiger partial charge in [-0.15, -0.1) is 15.3 Å². The minimum atomic E-state index is -0.362. The largest absolute Gasteiger partial charge is 0.482 e. The van der Waals surface area contributed by atoms with Crippen molar-refractivity contribution >= 4 is 6.40 Å². The lowest BCUT2D eigenvalue weighted by Crippen LogP contribution is -2.33. The molecular formula is C12H20N4O2. The molecule has 0 aromatic carbocycles. The maximum absolute atomic E-state index is 12.3. The summed E-state index contributed by atoms with van der Waals surface area (Å²) in [6, 6.07) is 0. The molecule has 1 aromatic rings. The Hall–Kier alpha value is -1.72. The number of rotatable bonds is 4. The monoisotopic (exact) mass is 252 g/mol. The zero-order valence-electron chi connectivity index (χ0n) is 11.6. The van der Waals surface area contributed by atoms with E-state index >= 15 is 0 Å². The van der Waals surface area contributed by atoms with Gasteiger partial charge in [0.15, 0.2) is 12.2 Å². The first-order valence-corrected chi connectivity index (χ1v) is 6.05. The fourth-order valence-corrected chi connectivity index (χ4v) is 1.38. The van der Waals surface area contributed by atoms with Crippen molar-refractivity contribution in [2.45, 2.75) is 46.5 Å². The van der Waals surface area contributed by atoms with E-state index in [2.05, 4.69) is 15.3 Å². The molecule has 0 fully saturated rings. The highest BCUT2D eigenvalue weighted by Gasteiger charge is 2.22. The van der Waals surface area contributed by atoms with Crippen LogP contribution in [0.15, 0.2) is 9.90 Å². The van der Waals surface area contributed by atoms with Crippen LogP contribution in [0.25, 0.3) is 0 Å². The Bertz CT molecular complexity index is 486. The van der Waals surface area contributed by atoms with Crippen LogP contribution in [0, 0.1) is 0 Å². The molecule has 0 aliphatic heterocycles. The van der Waals surface area contributed by atoms with Crippen molar-refractivity contribution in [2.24, 2.45) is 5.10 Å². The Kier molecular flexibility index (Phi) is 4.58. The molecule has 100 valence electrons. The molecule has 0 aliphatic carbocycles. The summed E-state index contributed by atoms with van der Waals surface area (Å²) in [6.07, 6.45) is 1.84. The van der Waals surface area contributed by atoms with Gasteiger partial charge >= 0.3 is 0 Å². The fraction of sp³-hybridized carbons (Fsp3) is 0.667. The third-order valence-corrected chi connectivity index (χ3v) is 2.34. The molecule has 0 saturated heterocycles. The predicted octanol–water partition coefficient (Wildman–Crippen LogP) is 1.33. The molecule has 0 spiro atoms. The van der Waals surface area contributed by atoms with Crippen LogP contribution < -0.4 is 5.56 Å². The van der Waals surface area contributed by atoms with Gasteiger partial charge in [-0.3, -0.25) is 4.79 Å². The van der Waals surface area contributed by atoms with Gasteiger partial charge in [0.25, 0.3) is 5.56 Å². The van der Waals surface area contributed by atoms with Crippen LogP contribution in [0.2, 0.25) is 0 Å². The van der Waals surface area contributed by atoms with Crippen molar-refractivity contribution < 1.29 is 4.74 Å². The summed E-state index contributed by atoms with van der Waals surface area (Å²) in [5, 5.41) is 12.1. The molecule has 18 heavy (non-hydrogen) atoms. The van der Waals surface area contributed by atoms with E-state index in [1.807, 2.05) is 34.6 Å². The lowest BCUT2D eigenvalue weighted by Gasteiger charge is -2.16. The summed E-state index contributed by atoms with van der Waals surface area (Å²) in [5.41, 5.74) is -0.210. The second kappa shape index (κ2) is 5.75. The first-order valence-electron chi connectivity index (χ1n) is 6.05. The molecule has 0 atom stereocenters. The minimum absolute atomic E-state index is 0.245. The molecule has 0 unspecified atom stereocenters. The van der Waals surface area contributed by atoms with Crippen LogP contribution in [-0.4, -0.2) is 27.9 Å². The maximum atomic E-state index is 12.3. The third-order valence-electron chi connectivity index (χ3n) is 2.34. The fourth-order valence-electron chi connectivity index (χ4n) is 1.38. The van der Waals surface area contributed by atoms with Crippen molar-refractivity contribution in [2.75, 3.05) is 6.61 Å². The lowest BCUT2D eigenvalue weighted by molar-refractivity contribution is 0.339. The number of ether oxygens (including phenoxy) is 1. The molecule has 1 heterocycles. The molecule has 6 nitrogen and oxygen atoms in total. The zero-order chi connectivity index (χ0) is 13.8. The lowest BCUT2D eigenvalue weighted by atomic mass is 9.93. The van der Waals surface area contributed by atoms with Gasteiger partial charge in [0, 0.05) is 11.8 Å². The smallest absolute Gasteiger partial charge is 0.296 e. The van der Waals surface area contributed by atoms with Gasteiger partial charge in [-0.1, -0.05) is 27.7 Å². The Labute approximate surface area is 107 Å². The Morgan fingerprint density at radius 3 is 2.50 bits per heavy atom. The Morgan fingerprint density at radius 2 is 2.00 bits per heavy atom. The average Bonchev–Trinajstić information content (AvgIpc) is 2.29. The van der Waals surface area contributed by atoms with Gasteiger partial charge in [0.05, 0.1) is 6.61 Å². The van der Waals surface area contributed by atoms with Gasteiger partial charge < -0.3 is 4.74 Å². The van der Waals surface area contributed by atoms with Crippen LogP contribution in [0.4, 0.5) is 0 Å². The highest BCUT2D eigenvalue weighted by atomic mass is 16.5. The zero-order valence-corrected chi connectivity index (χ0v) is 11.6. The molecule has 6 heteroatoms. The molecule has 0 aliphatic rings. The third kappa shape index (κ3) is 3.15. The summed E-state index contributed by atoms with van der Waals surface area (Å²) in [5.74, 6) is 0.518. The molecular weight excluding hydrogens is 232 g/mol. The van der Waals surface area contributed by atoms with E-state index in [-0.39, 0.29) is 11.0 Å². The summed E-state index contributed by atoms with van der Waals surface area (Å²) in [6.45, 7) is 10.0. The number of nitrogens with zero attached hydrogens (tertiary/aromatic N) is 4. The molecule has 0 radical (unpaired) electrons. The van der Waals surface area contributed by atoms with Crippen LogP contribution in [-0.2, 0) is 16.6 Å². The molecule has 0 bridgehead atoms. The van der Waals surface area contributed by atoms with E-state index < -0.39 is 0 Å². The van der Waals surface area contributed by atoms with E-state index in [1.54, 1.807) is 0 Å². The Balaban J connectivity index is 3.32. The van der Waals surface area contributed by atoms with Gasteiger partial charge in [-0.05, 0) is 6.92 Å². The highest BCUT2D eigenvalue weighted by molar-refractivity contribution is 5.46. The van der Waals surface area contributed by atoms with Gasteiger partial charge in [0.1, 0.15) is 5.69 Å². The van der Waals surface area contributed by atoms with E-state index in [4.69, 9.17) is 4.74 Å². The van der Waals surface area contributed by atoms with Crippen molar-refractivity contribution in [3.05, 3.63) is 21.9 Å². The van der Waals surface area contributed by atoms with E-state index in [0.29, 0.717) is 24.5 Å². The van der Waals surface area contributed by atoms with Crippen LogP contribution in [0.5, 0.6) is 0 Å². The van der Waals surface area contributed by atoms with Crippen molar-refractivity contribution in [1.29, 1.82) is 0 Å². The van der Waals surface area contributed by atoms with Gasteiger partial charge in [-0.2, -0.15) is 4.68 Å². The topological polar surface area (TPSA) is 69.4 Å². The SMILES string of the molecule is CCO/C=N\n1c(CC)nnc(C(C)(C)C)c1=O. The number of hydrogen-bond donors (Lipinski definition) is 0. The van der Waals surface area contributed by atoms with Gasteiger partial charge in [0.2, 0.25) is 0 Å². The van der Waals surface area contributed by atoms with Crippen molar-refractivity contribution in [3.8, 4) is 0 Å². The summed E-state index contributed by atoms with van der Waals surface area (Å²) < 4.78 is 6.27. The predicted molar refractivity (Wildman–Crippen MR) is 69.9 cm³/mol. The molecule has 0 N–H and O–H groups in total. The van der Waals surface area contributed by atoms with Crippen LogP contribution in [0.3, 0.4) is 0 Å². The van der Waals surface area contributed by atoms with E-state index in [0.717, 1.165) is 0 Å². The first-order chi connectivity index (χ1) is 8.41. The summed E-state index contributed by atoms with van der Waals surface area (Å²) in [7, 11) is 0. The minimum Gasteiger partial charge on any atom is -0.482 e. The molecule has 0 amide bonds. The van der Waals surface area contributed by atoms with Crippen LogP contribution in [0.1, 0.15) is 46.1 Å². The number of hydrogen-bond acceptors (Lipinski definition) is 5. The summed E-state index contributed by atoms with van der Waals surface area (Å²) in [4.78, 5) is 12.3. The maximum Gasteiger partial charge on any atom is 0.296 e. The number of aromatic nitrogens is 3. The van der Waals surface area contributed by atoms with Crippen molar-refractivity contribution in [1.82, 2.24) is 14.9 Å². The van der Waals surface area contributed by atoms with Gasteiger partial charge in [-0.25, -0.2) is 0 Å². The van der Waals surface area contributed by atoms with E-state index in [1.165, 1.54) is 11.1 Å². The van der Waals surface area contributed by atoms with Crippen LogP contribution >= 0.6 is 0 Å². The molecule has 0 saturated carbocycles. The average molecular weight is 252 g/mol. The highest BCUT2D eigenvalue weighted by Crippen LogP contribution is 2.15. The molecule has 1 aromatic heterocycles. The standard InChI is InChI=1S/C12H20N4O2/c1-6-9-14-15-10(12(3,4)5)11(17)16(9)13-8-18-7-2/h8H,6-7H2,1-5H3/b13-8-. The second-order valence-electron chi connectivity index (χ2n) is 4.86. The Morgan fingerprint density at radius 1 is 1.33 bits per heavy atom. The normalized spacial score (nSPS) is 12.1. The second-order valence-corrected chi connectivity index (χ2v) is 4.86. The number of aryl methyl sites for hydroxylation is 1. The van der Waals surface area contributed by atoms with E-state index in [9.17, 15) is 4.79 Å². The van der Waals surface area contributed by atoms with Crippen molar-refractivity contribution in [3.63, 3.8) is 0 Å². The molecule has 1 rings (SSSR count). The first kappa shape index (κ1) is 14.3. The summed E-state index contributed by atoms with van der Waals surface area (Å²) >= 11 is 0. The quantitative estimate of drug-likeness (QED) is 0.598.